The molecule has 1 aromatic carbocycles. The highest BCUT2D eigenvalue weighted by atomic mass is 32.2. The van der Waals surface area contributed by atoms with Crippen LogP contribution in [0.1, 0.15) is 16.8 Å². The maximum atomic E-state index is 11.6. The number of benzene rings is 1. The summed E-state index contributed by atoms with van der Waals surface area (Å²) in [5.74, 6) is 1.63. The average Bonchev–Trinajstić information content (AvgIpc) is 2.19. The lowest BCUT2D eigenvalue weighted by molar-refractivity contribution is 0.0984. The number of rotatable bonds is 1. The topological polar surface area (TPSA) is 52.3 Å². The van der Waals surface area contributed by atoms with Gasteiger partial charge in [-0.05, 0) is 6.07 Å². The van der Waals surface area contributed by atoms with Crippen molar-refractivity contribution < 1.29 is 9.53 Å². The van der Waals surface area contributed by atoms with Crippen LogP contribution in [-0.2, 0) is 0 Å². The molecule has 0 saturated carbocycles. The number of ether oxygens (including phenoxy) is 1. The third-order valence-electron chi connectivity index (χ3n) is 2.20. The van der Waals surface area contributed by atoms with Crippen LogP contribution in [0.25, 0.3) is 0 Å². The molecule has 4 heteroatoms. The van der Waals surface area contributed by atoms with Crippen LogP contribution in [-0.4, -0.2) is 18.6 Å². The molecule has 74 valence electrons. The third-order valence-corrected chi connectivity index (χ3v) is 3.36. The number of ketones is 1. The monoisotopic (exact) mass is 209 g/mol. The van der Waals surface area contributed by atoms with Gasteiger partial charge in [0.05, 0.1) is 7.11 Å². The van der Waals surface area contributed by atoms with Gasteiger partial charge in [-0.1, -0.05) is 0 Å². The fourth-order valence-corrected chi connectivity index (χ4v) is 2.54. The Morgan fingerprint density at radius 2 is 2.29 bits per heavy atom. The lowest BCUT2D eigenvalue weighted by Gasteiger charge is -2.17. The molecule has 1 aromatic rings. The van der Waals surface area contributed by atoms with Gasteiger partial charge in [-0.3, -0.25) is 4.79 Å². The zero-order chi connectivity index (χ0) is 10.1. The van der Waals surface area contributed by atoms with Gasteiger partial charge in [0.15, 0.2) is 5.78 Å². The van der Waals surface area contributed by atoms with Crippen molar-refractivity contribution in [3.8, 4) is 5.75 Å². The Hall–Kier alpha value is -1.16. The van der Waals surface area contributed by atoms with E-state index in [0.717, 1.165) is 10.6 Å². The first-order valence-corrected chi connectivity index (χ1v) is 5.34. The van der Waals surface area contributed by atoms with Gasteiger partial charge in [0.25, 0.3) is 0 Å². The Bertz CT molecular complexity index is 390. The van der Waals surface area contributed by atoms with Crippen molar-refractivity contribution in [3.63, 3.8) is 0 Å². The molecule has 0 spiro atoms. The maximum Gasteiger partial charge on any atom is 0.165 e. The number of hydrogen-bond donors (Lipinski definition) is 1. The summed E-state index contributed by atoms with van der Waals surface area (Å²) in [5, 5.41) is 0. The van der Waals surface area contributed by atoms with Crippen LogP contribution in [0.15, 0.2) is 17.0 Å². The largest absolute Gasteiger partial charge is 0.497 e. The number of carbonyl (C=O) groups is 1. The summed E-state index contributed by atoms with van der Waals surface area (Å²) >= 11 is 1.64. The van der Waals surface area contributed by atoms with Crippen LogP contribution < -0.4 is 10.5 Å². The zero-order valence-corrected chi connectivity index (χ0v) is 8.69. The summed E-state index contributed by atoms with van der Waals surface area (Å²) in [4.78, 5) is 12.5. The molecule has 0 unspecified atom stereocenters. The second-order valence-corrected chi connectivity index (χ2v) is 4.22. The minimum Gasteiger partial charge on any atom is -0.497 e. The summed E-state index contributed by atoms with van der Waals surface area (Å²) in [6.07, 6.45) is 0.588. The van der Waals surface area contributed by atoms with Crippen molar-refractivity contribution >= 4 is 23.2 Å². The van der Waals surface area contributed by atoms with Crippen molar-refractivity contribution in [2.75, 3.05) is 18.6 Å². The van der Waals surface area contributed by atoms with E-state index in [4.69, 9.17) is 10.5 Å². The smallest absolute Gasteiger partial charge is 0.165 e. The number of fused-ring (bicyclic) bond motifs is 1. The number of thioether (sulfide) groups is 1. The summed E-state index contributed by atoms with van der Waals surface area (Å²) < 4.78 is 5.07. The molecule has 0 radical (unpaired) electrons. The van der Waals surface area contributed by atoms with E-state index in [1.54, 1.807) is 31.0 Å². The molecule has 1 aliphatic heterocycles. The minimum absolute atomic E-state index is 0.157. The lowest BCUT2D eigenvalue weighted by Crippen LogP contribution is -2.10. The quantitative estimate of drug-likeness (QED) is 0.718. The number of methoxy groups -OCH3 is 1. The Labute approximate surface area is 86.6 Å². The van der Waals surface area contributed by atoms with Crippen LogP contribution in [0.4, 0.5) is 5.69 Å². The van der Waals surface area contributed by atoms with Gasteiger partial charge in [-0.25, -0.2) is 0 Å². The summed E-state index contributed by atoms with van der Waals surface area (Å²) in [5.41, 5.74) is 7.17. The van der Waals surface area contributed by atoms with Gasteiger partial charge in [0.2, 0.25) is 0 Å². The molecule has 0 amide bonds. The normalized spacial score (nSPS) is 15.1. The van der Waals surface area contributed by atoms with E-state index in [0.29, 0.717) is 23.4 Å². The Balaban J connectivity index is 2.57. The predicted octanol–water partition coefficient (Wildman–Crippen LogP) is 1.96. The highest BCUT2D eigenvalue weighted by Gasteiger charge is 2.20. The van der Waals surface area contributed by atoms with Crippen molar-refractivity contribution in [2.24, 2.45) is 0 Å². The molecule has 0 saturated heterocycles. The lowest BCUT2D eigenvalue weighted by atomic mass is 10.1. The molecular weight excluding hydrogens is 198 g/mol. The van der Waals surface area contributed by atoms with Crippen LogP contribution in [0.3, 0.4) is 0 Å². The highest BCUT2D eigenvalue weighted by Crippen LogP contribution is 2.37. The van der Waals surface area contributed by atoms with Crippen LogP contribution in [0.2, 0.25) is 0 Å². The number of nitrogen functional groups attached to an aromatic ring is 1. The van der Waals surface area contributed by atoms with Gasteiger partial charge in [0.1, 0.15) is 5.75 Å². The molecule has 14 heavy (non-hydrogen) atoms. The standard InChI is InChI=1S/C10H11NO2S/c1-13-6-4-7-9(12)2-3-14-10(7)8(11)5-6/h4-5H,2-3,11H2,1H3. The number of Topliss-reactive ketones (excluding diaryl/α,β-unsaturated/α-hetero) is 1. The van der Waals surface area contributed by atoms with E-state index in [9.17, 15) is 4.79 Å². The molecule has 2 N–H and O–H groups in total. The summed E-state index contributed by atoms with van der Waals surface area (Å²) in [6, 6.07) is 3.52. The number of anilines is 1. The molecule has 1 aliphatic rings. The highest BCUT2D eigenvalue weighted by molar-refractivity contribution is 7.99. The van der Waals surface area contributed by atoms with Crippen LogP contribution in [0, 0.1) is 0 Å². The number of hydrogen-bond acceptors (Lipinski definition) is 4. The zero-order valence-electron chi connectivity index (χ0n) is 7.87. The fraction of sp³-hybridized carbons (Fsp3) is 0.300. The van der Waals surface area contributed by atoms with E-state index in [-0.39, 0.29) is 5.78 Å². The number of carbonyl (C=O) groups excluding carboxylic acids is 1. The van der Waals surface area contributed by atoms with E-state index in [1.165, 1.54) is 0 Å². The molecule has 0 aromatic heterocycles. The van der Waals surface area contributed by atoms with E-state index in [2.05, 4.69) is 0 Å². The fourth-order valence-electron chi connectivity index (χ4n) is 1.49. The van der Waals surface area contributed by atoms with E-state index in [1.807, 2.05) is 0 Å². The molecule has 0 atom stereocenters. The first-order chi connectivity index (χ1) is 6.72. The van der Waals surface area contributed by atoms with E-state index < -0.39 is 0 Å². The first-order valence-electron chi connectivity index (χ1n) is 4.36. The molecule has 0 aliphatic carbocycles. The molecule has 1 heterocycles. The maximum absolute atomic E-state index is 11.6. The minimum atomic E-state index is 0.157. The second-order valence-electron chi connectivity index (χ2n) is 3.11. The first kappa shape index (κ1) is 9.40. The molecule has 0 fully saturated rings. The van der Waals surface area contributed by atoms with Gasteiger partial charge in [0, 0.05) is 34.4 Å². The van der Waals surface area contributed by atoms with Crippen molar-refractivity contribution in [1.82, 2.24) is 0 Å². The third kappa shape index (κ3) is 1.46. The van der Waals surface area contributed by atoms with Crippen molar-refractivity contribution in [3.05, 3.63) is 17.7 Å². The summed E-state index contributed by atoms with van der Waals surface area (Å²) in [7, 11) is 1.57. The Morgan fingerprint density at radius 1 is 1.50 bits per heavy atom. The Morgan fingerprint density at radius 3 is 3.00 bits per heavy atom. The van der Waals surface area contributed by atoms with Gasteiger partial charge in [-0.15, -0.1) is 11.8 Å². The SMILES string of the molecule is COc1cc(N)c2c(c1)C(=O)CCS2. The van der Waals surface area contributed by atoms with E-state index >= 15 is 0 Å². The predicted molar refractivity (Wildman–Crippen MR) is 57.1 cm³/mol. The number of nitrogens with two attached hydrogens (primary N) is 1. The molecule has 2 rings (SSSR count). The van der Waals surface area contributed by atoms with Crippen LogP contribution >= 0.6 is 11.8 Å². The van der Waals surface area contributed by atoms with Crippen molar-refractivity contribution in [1.29, 1.82) is 0 Å². The summed E-state index contributed by atoms with van der Waals surface area (Å²) in [6.45, 7) is 0. The van der Waals surface area contributed by atoms with Crippen LogP contribution in [0.5, 0.6) is 5.75 Å². The molecule has 3 nitrogen and oxygen atoms in total. The van der Waals surface area contributed by atoms with Gasteiger partial charge < -0.3 is 10.5 Å². The Kier molecular flexibility index (Phi) is 2.37. The van der Waals surface area contributed by atoms with Gasteiger partial charge in [-0.2, -0.15) is 0 Å². The molecular formula is C10H11NO2S. The second kappa shape index (κ2) is 3.53. The average molecular weight is 209 g/mol. The van der Waals surface area contributed by atoms with Gasteiger partial charge >= 0.3 is 0 Å². The molecule has 0 bridgehead atoms. The van der Waals surface area contributed by atoms with Crippen molar-refractivity contribution in [2.45, 2.75) is 11.3 Å².